The van der Waals surface area contributed by atoms with E-state index in [0.717, 1.165) is 30.7 Å². The molecule has 0 spiro atoms. The van der Waals surface area contributed by atoms with Crippen molar-refractivity contribution < 1.29 is 0 Å². The number of fused-ring (bicyclic) bond motifs is 1. The zero-order valence-electron chi connectivity index (χ0n) is 12.4. The van der Waals surface area contributed by atoms with E-state index in [9.17, 15) is 0 Å². The molecule has 0 saturated carbocycles. The lowest BCUT2D eigenvalue weighted by atomic mass is 9.84. The van der Waals surface area contributed by atoms with Crippen LogP contribution in [-0.4, -0.2) is 15.3 Å². The Kier molecular flexibility index (Phi) is 4.24. The summed E-state index contributed by atoms with van der Waals surface area (Å²) in [6.07, 6.45) is 4.28. The average Bonchev–Trinajstić information content (AvgIpc) is 2.79. The predicted molar refractivity (Wildman–Crippen MR) is 86.1 cm³/mol. The molecule has 2 nitrogen and oxygen atoms in total. The number of thiol groups is 1. The van der Waals surface area contributed by atoms with Crippen LogP contribution >= 0.6 is 12.6 Å². The molecule has 0 aliphatic rings. The van der Waals surface area contributed by atoms with Crippen LogP contribution in [0.1, 0.15) is 37.8 Å². The number of hydrogen-bond donors (Lipinski definition) is 1. The van der Waals surface area contributed by atoms with Crippen LogP contribution in [-0.2, 0) is 6.54 Å². The van der Waals surface area contributed by atoms with Crippen molar-refractivity contribution in [2.75, 3.05) is 5.75 Å². The summed E-state index contributed by atoms with van der Waals surface area (Å²) in [5.41, 5.74) is 5.26. The fraction of sp³-hybridized carbons (Fsp3) is 0.562. The van der Waals surface area contributed by atoms with Crippen molar-refractivity contribution in [3.63, 3.8) is 0 Å². The van der Waals surface area contributed by atoms with Gasteiger partial charge in [-0.15, -0.1) is 0 Å². The van der Waals surface area contributed by atoms with Gasteiger partial charge in [-0.2, -0.15) is 12.6 Å². The third-order valence-corrected chi connectivity index (χ3v) is 5.25. The number of nitrogens with zero attached hydrogens (tertiary/aromatic N) is 2. The average molecular weight is 276 g/mol. The Balaban J connectivity index is 2.43. The van der Waals surface area contributed by atoms with Gasteiger partial charge < -0.3 is 4.57 Å². The minimum Gasteiger partial charge on any atom is -0.330 e. The molecule has 0 bridgehead atoms. The van der Waals surface area contributed by atoms with Gasteiger partial charge in [0.15, 0.2) is 0 Å². The minimum absolute atomic E-state index is 0.273. The van der Waals surface area contributed by atoms with Gasteiger partial charge in [0.05, 0.1) is 17.4 Å². The Bertz CT molecular complexity index is 559. The van der Waals surface area contributed by atoms with Gasteiger partial charge in [-0.1, -0.05) is 13.8 Å². The molecular weight excluding hydrogens is 252 g/mol. The monoisotopic (exact) mass is 276 g/mol. The number of imidazole rings is 1. The number of aryl methyl sites for hydroxylation is 2. The zero-order chi connectivity index (χ0) is 14.0. The van der Waals surface area contributed by atoms with Crippen molar-refractivity contribution >= 4 is 23.7 Å². The molecule has 3 heteroatoms. The maximum absolute atomic E-state index is 4.57. The van der Waals surface area contributed by atoms with Gasteiger partial charge in [-0.3, -0.25) is 0 Å². The second kappa shape index (κ2) is 5.58. The molecule has 104 valence electrons. The van der Waals surface area contributed by atoms with Crippen molar-refractivity contribution in [2.45, 2.75) is 47.1 Å². The third kappa shape index (κ3) is 2.66. The highest BCUT2D eigenvalue weighted by molar-refractivity contribution is 7.80. The Labute approximate surface area is 121 Å². The quantitative estimate of drug-likeness (QED) is 0.802. The number of aromatic nitrogens is 2. The highest BCUT2D eigenvalue weighted by Crippen LogP contribution is 2.31. The summed E-state index contributed by atoms with van der Waals surface area (Å²) in [4.78, 5) is 4.55. The van der Waals surface area contributed by atoms with E-state index in [1.54, 1.807) is 0 Å². The molecule has 0 atom stereocenters. The van der Waals surface area contributed by atoms with Crippen LogP contribution in [0.5, 0.6) is 0 Å². The van der Waals surface area contributed by atoms with E-state index in [-0.39, 0.29) is 5.41 Å². The number of rotatable bonds is 5. The SMILES string of the molecule is CCC(CC)(CS)Cn1cnc2cc(C)c(C)cc21. The van der Waals surface area contributed by atoms with Crippen LogP contribution in [0.4, 0.5) is 0 Å². The maximum atomic E-state index is 4.57. The second-order valence-corrected chi connectivity index (χ2v) is 5.98. The molecule has 0 amide bonds. The first-order valence-corrected chi connectivity index (χ1v) is 7.71. The lowest BCUT2D eigenvalue weighted by Gasteiger charge is -2.30. The summed E-state index contributed by atoms with van der Waals surface area (Å²) in [6.45, 7) is 9.83. The highest BCUT2D eigenvalue weighted by atomic mass is 32.1. The molecule has 1 heterocycles. The van der Waals surface area contributed by atoms with E-state index in [1.165, 1.54) is 16.6 Å². The lowest BCUT2D eigenvalue weighted by Crippen LogP contribution is -2.27. The Morgan fingerprint density at radius 2 is 1.79 bits per heavy atom. The largest absolute Gasteiger partial charge is 0.330 e. The van der Waals surface area contributed by atoms with Gasteiger partial charge >= 0.3 is 0 Å². The van der Waals surface area contributed by atoms with Crippen molar-refractivity contribution in [1.29, 1.82) is 0 Å². The molecule has 2 aromatic rings. The Hall–Kier alpha value is -0.960. The van der Waals surface area contributed by atoms with E-state index in [2.05, 4.69) is 62.0 Å². The van der Waals surface area contributed by atoms with E-state index < -0.39 is 0 Å². The molecule has 0 aliphatic heterocycles. The van der Waals surface area contributed by atoms with E-state index in [0.29, 0.717) is 0 Å². The molecule has 0 radical (unpaired) electrons. The number of benzene rings is 1. The first-order valence-electron chi connectivity index (χ1n) is 7.08. The van der Waals surface area contributed by atoms with Crippen LogP contribution in [0.3, 0.4) is 0 Å². The summed E-state index contributed by atoms with van der Waals surface area (Å²) < 4.78 is 2.30. The van der Waals surface area contributed by atoms with Gasteiger partial charge in [0, 0.05) is 6.54 Å². The van der Waals surface area contributed by atoms with Crippen LogP contribution in [0, 0.1) is 19.3 Å². The van der Waals surface area contributed by atoms with Crippen LogP contribution < -0.4 is 0 Å². The van der Waals surface area contributed by atoms with Crippen LogP contribution in [0.2, 0.25) is 0 Å². The number of hydrogen-bond acceptors (Lipinski definition) is 2. The van der Waals surface area contributed by atoms with Crippen molar-refractivity contribution in [3.05, 3.63) is 29.6 Å². The Morgan fingerprint density at radius 1 is 1.16 bits per heavy atom. The topological polar surface area (TPSA) is 17.8 Å². The van der Waals surface area contributed by atoms with Gasteiger partial charge in [-0.05, 0) is 61.1 Å². The fourth-order valence-electron chi connectivity index (χ4n) is 2.55. The normalized spacial score (nSPS) is 12.3. The van der Waals surface area contributed by atoms with Crippen molar-refractivity contribution in [2.24, 2.45) is 5.41 Å². The smallest absolute Gasteiger partial charge is 0.0958 e. The minimum atomic E-state index is 0.273. The maximum Gasteiger partial charge on any atom is 0.0958 e. The summed E-state index contributed by atoms with van der Waals surface area (Å²) in [7, 11) is 0. The van der Waals surface area contributed by atoms with Gasteiger partial charge in [-0.25, -0.2) is 4.98 Å². The molecule has 19 heavy (non-hydrogen) atoms. The molecule has 1 aromatic heterocycles. The van der Waals surface area contributed by atoms with E-state index in [4.69, 9.17) is 0 Å². The first kappa shape index (κ1) is 14.4. The second-order valence-electron chi connectivity index (χ2n) is 5.66. The van der Waals surface area contributed by atoms with E-state index in [1.807, 2.05) is 6.33 Å². The predicted octanol–water partition coefficient (Wildman–Crippen LogP) is 4.39. The summed E-state index contributed by atoms with van der Waals surface area (Å²) >= 11 is 4.57. The Morgan fingerprint density at radius 3 is 2.37 bits per heavy atom. The van der Waals surface area contributed by atoms with Crippen LogP contribution in [0.25, 0.3) is 11.0 Å². The fourth-order valence-corrected chi connectivity index (χ4v) is 3.10. The zero-order valence-corrected chi connectivity index (χ0v) is 13.3. The summed E-state index contributed by atoms with van der Waals surface area (Å²) in [5, 5.41) is 0. The molecule has 0 saturated heterocycles. The summed E-state index contributed by atoms with van der Waals surface area (Å²) in [6, 6.07) is 4.44. The lowest BCUT2D eigenvalue weighted by molar-refractivity contribution is 0.261. The molecule has 0 N–H and O–H groups in total. The molecule has 0 aliphatic carbocycles. The standard InChI is InChI=1S/C16H24N2S/c1-5-16(6-2,10-19)9-18-11-17-14-7-12(3)13(4)8-15(14)18/h7-8,11,19H,5-6,9-10H2,1-4H3. The van der Waals surface area contributed by atoms with Crippen LogP contribution in [0.15, 0.2) is 18.5 Å². The van der Waals surface area contributed by atoms with E-state index >= 15 is 0 Å². The van der Waals surface area contributed by atoms with Crippen molar-refractivity contribution in [1.82, 2.24) is 9.55 Å². The van der Waals surface area contributed by atoms with Gasteiger partial charge in [0.25, 0.3) is 0 Å². The van der Waals surface area contributed by atoms with Gasteiger partial charge in [0.1, 0.15) is 0 Å². The molecular formula is C16H24N2S. The van der Waals surface area contributed by atoms with Crippen molar-refractivity contribution in [3.8, 4) is 0 Å². The summed E-state index contributed by atoms with van der Waals surface area (Å²) in [5.74, 6) is 0.921. The first-order chi connectivity index (χ1) is 9.05. The molecule has 1 aromatic carbocycles. The van der Waals surface area contributed by atoms with Gasteiger partial charge in [0.2, 0.25) is 0 Å². The molecule has 0 unspecified atom stereocenters. The third-order valence-electron chi connectivity index (χ3n) is 4.58. The molecule has 0 fully saturated rings. The molecule has 2 rings (SSSR count). The highest BCUT2D eigenvalue weighted by Gasteiger charge is 2.25.